The molecule has 0 aromatic heterocycles. The Bertz CT molecular complexity index is 112. The molecule has 0 aromatic carbocycles. The van der Waals surface area contributed by atoms with E-state index in [1.165, 1.54) is 0 Å². The predicted molar refractivity (Wildman–Crippen MR) is 27.4 cm³/mol. The molecule has 44 valence electrons. The Kier molecular flexibility index (Phi) is 0.742. The van der Waals surface area contributed by atoms with Gasteiger partial charge in [0.05, 0.1) is 6.10 Å². The van der Waals surface area contributed by atoms with Gasteiger partial charge in [0.2, 0.25) is 0 Å². The van der Waals surface area contributed by atoms with Gasteiger partial charge < -0.3 is 9.53 Å². The van der Waals surface area contributed by atoms with Crippen molar-refractivity contribution in [3.8, 4) is 0 Å². The highest BCUT2D eigenvalue weighted by Gasteiger charge is 2.54. The SMILES string of the molecule is O=CC1[C@H]2CCO[C@@H]12. The van der Waals surface area contributed by atoms with Crippen LogP contribution in [0, 0.1) is 11.8 Å². The Labute approximate surface area is 47.8 Å². The lowest BCUT2D eigenvalue weighted by molar-refractivity contribution is -0.110. The van der Waals surface area contributed by atoms with E-state index in [1.54, 1.807) is 0 Å². The number of hydrogen-bond donors (Lipinski definition) is 0. The zero-order valence-electron chi connectivity index (χ0n) is 4.54. The third kappa shape index (κ3) is 0.388. The summed E-state index contributed by atoms with van der Waals surface area (Å²) in [4.78, 5) is 10.1. The molecule has 1 aliphatic carbocycles. The first-order chi connectivity index (χ1) is 3.93. The molecule has 0 radical (unpaired) electrons. The van der Waals surface area contributed by atoms with Crippen LogP contribution < -0.4 is 0 Å². The molecule has 1 heterocycles. The summed E-state index contributed by atoms with van der Waals surface area (Å²) in [6.45, 7) is 0.875. The van der Waals surface area contributed by atoms with Crippen molar-refractivity contribution < 1.29 is 9.53 Å². The summed E-state index contributed by atoms with van der Waals surface area (Å²) in [7, 11) is 0. The van der Waals surface area contributed by atoms with Crippen molar-refractivity contribution in [2.24, 2.45) is 11.8 Å². The Morgan fingerprint density at radius 3 is 2.88 bits per heavy atom. The normalized spacial score (nSPS) is 50.8. The van der Waals surface area contributed by atoms with Gasteiger partial charge in [0.15, 0.2) is 0 Å². The van der Waals surface area contributed by atoms with Gasteiger partial charge in [0.1, 0.15) is 6.29 Å². The first kappa shape index (κ1) is 4.50. The second kappa shape index (κ2) is 1.32. The summed E-state index contributed by atoms with van der Waals surface area (Å²) < 4.78 is 5.20. The molecule has 0 bridgehead atoms. The van der Waals surface area contributed by atoms with E-state index in [0.29, 0.717) is 12.0 Å². The lowest BCUT2D eigenvalue weighted by Crippen LogP contribution is -1.96. The van der Waals surface area contributed by atoms with E-state index in [4.69, 9.17) is 4.74 Å². The van der Waals surface area contributed by atoms with Gasteiger partial charge in [-0.25, -0.2) is 0 Å². The highest BCUT2D eigenvalue weighted by molar-refractivity contribution is 5.60. The van der Waals surface area contributed by atoms with E-state index in [9.17, 15) is 4.79 Å². The molecule has 0 N–H and O–H groups in total. The van der Waals surface area contributed by atoms with Crippen molar-refractivity contribution in [1.82, 2.24) is 0 Å². The molecular weight excluding hydrogens is 104 g/mol. The number of carbonyl (C=O) groups is 1. The fraction of sp³-hybridized carbons (Fsp3) is 0.833. The Balaban J connectivity index is 2.03. The quantitative estimate of drug-likeness (QED) is 0.453. The highest BCUT2D eigenvalue weighted by atomic mass is 16.5. The lowest BCUT2D eigenvalue weighted by Gasteiger charge is -1.92. The molecule has 8 heavy (non-hydrogen) atoms. The molecule has 1 saturated heterocycles. The number of hydrogen-bond acceptors (Lipinski definition) is 2. The van der Waals surface area contributed by atoms with Crippen molar-refractivity contribution in [2.75, 3.05) is 6.61 Å². The minimum atomic E-state index is 0.267. The largest absolute Gasteiger partial charge is 0.377 e. The van der Waals surface area contributed by atoms with Crippen molar-refractivity contribution in [3.05, 3.63) is 0 Å². The molecule has 0 aromatic rings. The second-order valence-electron chi connectivity index (χ2n) is 2.50. The second-order valence-corrected chi connectivity index (χ2v) is 2.50. The first-order valence-corrected chi connectivity index (χ1v) is 3.00. The van der Waals surface area contributed by atoms with Crippen molar-refractivity contribution in [1.29, 1.82) is 0 Å². The van der Waals surface area contributed by atoms with Crippen LogP contribution in [-0.4, -0.2) is 19.0 Å². The minimum Gasteiger partial charge on any atom is -0.377 e. The zero-order valence-corrected chi connectivity index (χ0v) is 4.54. The third-order valence-electron chi connectivity index (χ3n) is 2.07. The number of carbonyl (C=O) groups excluding carboxylic acids is 1. The summed E-state index contributed by atoms with van der Waals surface area (Å²) in [5.41, 5.74) is 0. The van der Waals surface area contributed by atoms with Crippen LogP contribution in [0.25, 0.3) is 0 Å². The van der Waals surface area contributed by atoms with Gasteiger partial charge >= 0.3 is 0 Å². The van der Waals surface area contributed by atoms with Gasteiger partial charge in [0, 0.05) is 12.5 Å². The van der Waals surface area contributed by atoms with E-state index < -0.39 is 0 Å². The van der Waals surface area contributed by atoms with Crippen LogP contribution in [-0.2, 0) is 9.53 Å². The molecule has 2 rings (SSSR count). The van der Waals surface area contributed by atoms with Crippen LogP contribution in [0.3, 0.4) is 0 Å². The maximum Gasteiger partial charge on any atom is 0.126 e. The molecule has 2 aliphatic rings. The molecule has 0 amide bonds. The fourth-order valence-electron chi connectivity index (χ4n) is 1.48. The van der Waals surface area contributed by atoms with Gasteiger partial charge in [-0.05, 0) is 12.3 Å². The number of fused-ring (bicyclic) bond motifs is 1. The van der Waals surface area contributed by atoms with E-state index >= 15 is 0 Å². The molecule has 1 saturated carbocycles. The highest BCUT2D eigenvalue weighted by Crippen LogP contribution is 2.47. The van der Waals surface area contributed by atoms with Crippen molar-refractivity contribution >= 4 is 6.29 Å². The third-order valence-corrected chi connectivity index (χ3v) is 2.07. The molecule has 3 atom stereocenters. The maximum atomic E-state index is 10.1. The molecule has 2 heteroatoms. The van der Waals surface area contributed by atoms with Crippen LogP contribution in [0.4, 0.5) is 0 Å². The average Bonchev–Trinajstić information content (AvgIpc) is 2.22. The van der Waals surface area contributed by atoms with Gasteiger partial charge in [-0.3, -0.25) is 0 Å². The molecule has 2 fully saturated rings. The van der Waals surface area contributed by atoms with E-state index in [-0.39, 0.29) is 5.92 Å². The Morgan fingerprint density at radius 2 is 2.50 bits per heavy atom. The summed E-state index contributed by atoms with van der Waals surface area (Å²) in [5, 5.41) is 0. The lowest BCUT2D eigenvalue weighted by atomic mass is 10.3. The number of ether oxygens (including phenoxy) is 1. The summed E-state index contributed by atoms with van der Waals surface area (Å²) in [6, 6.07) is 0. The van der Waals surface area contributed by atoms with Crippen LogP contribution in [0.5, 0.6) is 0 Å². The van der Waals surface area contributed by atoms with Gasteiger partial charge in [-0.2, -0.15) is 0 Å². The standard InChI is InChI=1S/C6H8O2/c7-3-5-4-1-2-8-6(4)5/h3-6H,1-2H2/t4-,5?,6-/m1/s1. The minimum absolute atomic E-state index is 0.267. The van der Waals surface area contributed by atoms with Crippen LogP contribution in [0.2, 0.25) is 0 Å². The van der Waals surface area contributed by atoms with Crippen LogP contribution in [0.15, 0.2) is 0 Å². The molecule has 0 spiro atoms. The van der Waals surface area contributed by atoms with Crippen molar-refractivity contribution in [2.45, 2.75) is 12.5 Å². The summed E-state index contributed by atoms with van der Waals surface area (Å²) >= 11 is 0. The van der Waals surface area contributed by atoms with Crippen molar-refractivity contribution in [3.63, 3.8) is 0 Å². The van der Waals surface area contributed by atoms with E-state index in [0.717, 1.165) is 19.3 Å². The molecule has 1 aliphatic heterocycles. The Morgan fingerprint density at radius 1 is 1.62 bits per heavy atom. The predicted octanol–water partition coefficient (Wildman–Crippen LogP) is 0.220. The topological polar surface area (TPSA) is 26.3 Å². The monoisotopic (exact) mass is 112 g/mol. The van der Waals surface area contributed by atoms with Gasteiger partial charge in [-0.1, -0.05) is 0 Å². The molecule has 2 nitrogen and oxygen atoms in total. The van der Waals surface area contributed by atoms with E-state index in [2.05, 4.69) is 0 Å². The first-order valence-electron chi connectivity index (χ1n) is 3.00. The molecular formula is C6H8O2. The Hall–Kier alpha value is -0.370. The summed E-state index contributed by atoms with van der Waals surface area (Å²) in [6.07, 6.45) is 2.45. The number of aldehydes is 1. The summed E-state index contributed by atoms with van der Waals surface area (Å²) in [5.74, 6) is 0.872. The van der Waals surface area contributed by atoms with Crippen LogP contribution >= 0.6 is 0 Å². The van der Waals surface area contributed by atoms with Crippen LogP contribution in [0.1, 0.15) is 6.42 Å². The molecule has 1 unspecified atom stereocenters. The number of rotatable bonds is 1. The average molecular weight is 112 g/mol. The maximum absolute atomic E-state index is 10.1. The van der Waals surface area contributed by atoms with Gasteiger partial charge in [-0.15, -0.1) is 0 Å². The fourth-order valence-corrected chi connectivity index (χ4v) is 1.48. The zero-order chi connectivity index (χ0) is 5.56. The van der Waals surface area contributed by atoms with Gasteiger partial charge in [0.25, 0.3) is 0 Å². The smallest absolute Gasteiger partial charge is 0.126 e. The van der Waals surface area contributed by atoms with E-state index in [1.807, 2.05) is 0 Å².